The minimum absolute atomic E-state index is 0. The number of nitrogens with zero attached hydrogens (tertiary/aromatic N) is 1. The van der Waals surface area contributed by atoms with Gasteiger partial charge in [0.2, 0.25) is 0 Å². The van der Waals surface area contributed by atoms with Gasteiger partial charge in [0.25, 0.3) is 0 Å². The van der Waals surface area contributed by atoms with E-state index < -0.39 is 11.6 Å². The number of carbonyl (C=O) groups is 1. The molecule has 6 nitrogen and oxygen atoms in total. The lowest BCUT2D eigenvalue weighted by Crippen LogP contribution is -2.58. The number of esters is 1. The van der Waals surface area contributed by atoms with Crippen LogP contribution in [0.5, 0.6) is 0 Å². The van der Waals surface area contributed by atoms with E-state index in [2.05, 4.69) is 10.5 Å². The van der Waals surface area contributed by atoms with Crippen LogP contribution in [-0.4, -0.2) is 37.9 Å². The van der Waals surface area contributed by atoms with E-state index in [9.17, 15) is 4.79 Å². The predicted molar refractivity (Wildman–Crippen MR) is 102 cm³/mol. The molecule has 0 amide bonds. The lowest BCUT2D eigenvalue weighted by atomic mass is 9.89. The third-order valence-corrected chi connectivity index (χ3v) is 4.86. The molecular weight excluding hydrogens is 426 g/mol. The van der Waals surface area contributed by atoms with E-state index in [4.69, 9.17) is 48.8 Å². The second-order valence-electron chi connectivity index (χ2n) is 5.50. The summed E-state index contributed by atoms with van der Waals surface area (Å²) in [6.07, 6.45) is 0. The van der Waals surface area contributed by atoms with Crippen molar-refractivity contribution in [2.75, 3.05) is 26.8 Å². The van der Waals surface area contributed by atoms with Crippen molar-refractivity contribution in [1.82, 2.24) is 10.5 Å². The molecule has 1 aliphatic rings. The Morgan fingerprint density at radius 1 is 1.31 bits per heavy atom. The number of methoxy groups -OCH3 is 1. The smallest absolute Gasteiger partial charge is 0.344 e. The highest BCUT2D eigenvalue weighted by Crippen LogP contribution is 2.42. The van der Waals surface area contributed by atoms with Crippen LogP contribution < -0.4 is 5.32 Å². The van der Waals surface area contributed by atoms with Crippen LogP contribution in [0.3, 0.4) is 0 Å². The fourth-order valence-electron chi connectivity index (χ4n) is 2.68. The molecule has 0 spiro atoms. The van der Waals surface area contributed by atoms with Crippen LogP contribution in [0.4, 0.5) is 0 Å². The van der Waals surface area contributed by atoms with E-state index in [1.807, 2.05) is 0 Å². The van der Waals surface area contributed by atoms with Gasteiger partial charge in [-0.1, -0.05) is 40.0 Å². The Morgan fingerprint density at radius 2 is 1.92 bits per heavy atom. The first kappa shape index (κ1) is 21.3. The van der Waals surface area contributed by atoms with Crippen LogP contribution in [0, 0.1) is 0 Å². The number of benzene rings is 1. The van der Waals surface area contributed by atoms with Crippen LogP contribution in [0.1, 0.15) is 23.0 Å². The van der Waals surface area contributed by atoms with E-state index in [0.717, 1.165) is 0 Å². The molecule has 142 valence electrons. The summed E-state index contributed by atoms with van der Waals surface area (Å²) in [7, 11) is 1.54. The molecule has 1 saturated heterocycles. The second-order valence-corrected chi connectivity index (χ2v) is 6.75. The molecule has 0 unspecified atom stereocenters. The Kier molecular flexibility index (Phi) is 6.82. The normalized spacial score (nSPS) is 15.1. The zero-order chi connectivity index (χ0) is 18.2. The fourth-order valence-corrected chi connectivity index (χ4v) is 3.68. The van der Waals surface area contributed by atoms with Gasteiger partial charge in [0.1, 0.15) is 11.3 Å². The molecule has 10 heteroatoms. The van der Waals surface area contributed by atoms with Crippen LogP contribution in [0.25, 0.3) is 11.3 Å². The Labute approximate surface area is 171 Å². The molecule has 2 heterocycles. The van der Waals surface area contributed by atoms with Gasteiger partial charge in [0, 0.05) is 30.8 Å². The zero-order valence-corrected chi connectivity index (χ0v) is 17.0. The summed E-state index contributed by atoms with van der Waals surface area (Å²) in [6, 6.07) is 3.04. The molecule has 1 aromatic heterocycles. The van der Waals surface area contributed by atoms with Crippen molar-refractivity contribution in [3.63, 3.8) is 0 Å². The fraction of sp³-hybridized carbons (Fsp3) is 0.375. The van der Waals surface area contributed by atoms with Gasteiger partial charge in [0.15, 0.2) is 11.4 Å². The summed E-state index contributed by atoms with van der Waals surface area (Å²) < 4.78 is 16.2. The summed E-state index contributed by atoms with van der Waals surface area (Å²) in [5.74, 6) is -0.302. The van der Waals surface area contributed by atoms with Gasteiger partial charge < -0.3 is 19.3 Å². The highest BCUT2D eigenvalue weighted by molar-refractivity contribution is 6.42. The SMILES string of the molecule is CCOC(=O)c1c(-c2c(Cl)cc(Cl)cc2Cl)noc1C1(OC)CNC1.Cl. The topological polar surface area (TPSA) is 73.6 Å². The molecule has 0 radical (unpaired) electrons. The molecule has 1 N–H and O–H groups in total. The van der Waals surface area contributed by atoms with E-state index >= 15 is 0 Å². The second kappa shape index (κ2) is 8.33. The minimum atomic E-state index is -0.793. The molecule has 0 saturated carbocycles. The van der Waals surface area contributed by atoms with Crippen molar-refractivity contribution in [2.45, 2.75) is 12.5 Å². The van der Waals surface area contributed by atoms with Gasteiger partial charge in [0.05, 0.1) is 16.7 Å². The minimum Gasteiger partial charge on any atom is -0.462 e. The molecule has 0 bridgehead atoms. The maximum Gasteiger partial charge on any atom is 0.344 e. The Balaban J connectivity index is 0.00000243. The molecule has 3 rings (SSSR count). The number of carbonyl (C=O) groups excluding carboxylic acids is 1. The Bertz CT molecular complexity index is 792. The van der Waals surface area contributed by atoms with Crippen LogP contribution in [0.2, 0.25) is 15.1 Å². The highest BCUT2D eigenvalue weighted by Gasteiger charge is 2.47. The number of nitrogens with one attached hydrogen (secondary N) is 1. The first-order chi connectivity index (χ1) is 11.9. The number of halogens is 4. The number of ether oxygens (including phenoxy) is 2. The van der Waals surface area contributed by atoms with E-state index in [-0.39, 0.29) is 46.1 Å². The van der Waals surface area contributed by atoms with E-state index in [1.165, 1.54) is 12.1 Å². The third-order valence-electron chi connectivity index (χ3n) is 4.04. The average Bonchev–Trinajstić information content (AvgIpc) is 2.91. The maximum atomic E-state index is 12.6. The molecule has 26 heavy (non-hydrogen) atoms. The van der Waals surface area contributed by atoms with Crippen molar-refractivity contribution in [2.24, 2.45) is 0 Å². The molecule has 2 aromatic rings. The van der Waals surface area contributed by atoms with Gasteiger partial charge in [-0.3, -0.25) is 0 Å². The largest absolute Gasteiger partial charge is 0.462 e. The Morgan fingerprint density at radius 3 is 2.38 bits per heavy atom. The quantitative estimate of drug-likeness (QED) is 0.695. The number of hydrogen-bond acceptors (Lipinski definition) is 6. The summed E-state index contributed by atoms with van der Waals surface area (Å²) in [6.45, 7) is 2.87. The maximum absolute atomic E-state index is 12.6. The van der Waals surface area contributed by atoms with Crippen molar-refractivity contribution >= 4 is 53.2 Å². The van der Waals surface area contributed by atoms with Gasteiger partial charge >= 0.3 is 5.97 Å². The van der Waals surface area contributed by atoms with Crippen LogP contribution >= 0.6 is 47.2 Å². The van der Waals surface area contributed by atoms with Gasteiger partial charge in [-0.05, 0) is 19.1 Å². The van der Waals surface area contributed by atoms with Crippen molar-refractivity contribution in [3.8, 4) is 11.3 Å². The van der Waals surface area contributed by atoms with Gasteiger partial charge in [-0.25, -0.2) is 4.79 Å². The predicted octanol–water partition coefficient (Wildman–Crippen LogP) is 4.35. The number of hydrogen-bond donors (Lipinski definition) is 1. The molecular formula is C16H16Cl4N2O4. The zero-order valence-electron chi connectivity index (χ0n) is 13.9. The van der Waals surface area contributed by atoms with E-state index in [0.29, 0.717) is 23.7 Å². The third kappa shape index (κ3) is 3.54. The van der Waals surface area contributed by atoms with E-state index in [1.54, 1.807) is 14.0 Å². The van der Waals surface area contributed by atoms with Gasteiger partial charge in [-0.2, -0.15) is 0 Å². The monoisotopic (exact) mass is 440 g/mol. The molecule has 1 aliphatic heterocycles. The number of rotatable bonds is 5. The lowest BCUT2D eigenvalue weighted by Gasteiger charge is -2.39. The van der Waals surface area contributed by atoms with Gasteiger partial charge in [-0.15, -0.1) is 12.4 Å². The van der Waals surface area contributed by atoms with Crippen molar-refractivity contribution < 1.29 is 18.8 Å². The summed E-state index contributed by atoms with van der Waals surface area (Å²) in [5.41, 5.74) is -0.0947. The molecule has 1 fully saturated rings. The van der Waals surface area contributed by atoms with Crippen molar-refractivity contribution in [3.05, 3.63) is 38.5 Å². The standard InChI is InChI=1S/C16H15Cl3N2O4.ClH/c1-3-24-15(22)12-13(11-9(18)4-8(17)5-10(11)19)21-25-14(12)16(23-2)6-20-7-16;/h4-5,20H,3,6-7H2,1-2H3;1H. The average molecular weight is 442 g/mol. The molecule has 0 aliphatic carbocycles. The van der Waals surface area contributed by atoms with Crippen LogP contribution in [-0.2, 0) is 15.1 Å². The number of aromatic nitrogens is 1. The Hall–Kier alpha value is -1.02. The summed E-state index contributed by atoms with van der Waals surface area (Å²) in [5, 5.41) is 8.01. The first-order valence-corrected chi connectivity index (χ1v) is 8.65. The molecule has 0 atom stereocenters. The van der Waals surface area contributed by atoms with Crippen molar-refractivity contribution in [1.29, 1.82) is 0 Å². The molecule has 1 aromatic carbocycles. The summed E-state index contributed by atoms with van der Waals surface area (Å²) in [4.78, 5) is 12.6. The highest BCUT2D eigenvalue weighted by atomic mass is 35.5. The summed E-state index contributed by atoms with van der Waals surface area (Å²) >= 11 is 18.5. The lowest BCUT2D eigenvalue weighted by molar-refractivity contribution is -0.0756. The first-order valence-electron chi connectivity index (χ1n) is 7.51. The van der Waals surface area contributed by atoms with Crippen LogP contribution in [0.15, 0.2) is 16.7 Å².